The number of aryl methyl sites for hydroxylation is 1. The fourth-order valence-corrected chi connectivity index (χ4v) is 1.54. The molecule has 0 aliphatic heterocycles. The van der Waals surface area contributed by atoms with Gasteiger partial charge >= 0.3 is 0 Å². The Hall–Kier alpha value is -1.29. The van der Waals surface area contributed by atoms with Crippen LogP contribution >= 0.6 is 12.6 Å². The third-order valence-corrected chi connectivity index (χ3v) is 2.34. The quantitative estimate of drug-likeness (QED) is 0.738. The molecule has 0 unspecified atom stereocenters. The summed E-state index contributed by atoms with van der Waals surface area (Å²) < 4.78 is 0. The van der Waals surface area contributed by atoms with E-state index in [0.717, 1.165) is 22.8 Å². The van der Waals surface area contributed by atoms with Crippen LogP contribution in [0.1, 0.15) is 11.5 Å². The number of aromatic amines is 1. The van der Waals surface area contributed by atoms with Crippen LogP contribution < -0.4 is 0 Å². The van der Waals surface area contributed by atoms with Crippen molar-refractivity contribution < 1.29 is 0 Å². The maximum Gasteiger partial charge on any atom is 0.116 e. The summed E-state index contributed by atoms with van der Waals surface area (Å²) in [5, 5.41) is 0. The molecule has 0 amide bonds. The predicted octanol–water partition coefficient (Wildman–Crippen LogP) is 2.21. The first kappa shape index (κ1) is 9.27. The summed E-state index contributed by atoms with van der Waals surface area (Å²) in [7, 11) is 0. The van der Waals surface area contributed by atoms with Crippen molar-refractivity contribution in [1.29, 1.82) is 0 Å². The normalized spacial score (nSPS) is 10.4. The number of rotatable bonds is 2. The molecule has 2 aromatic rings. The number of aromatic nitrogens is 3. The second-order valence-electron chi connectivity index (χ2n) is 3.05. The van der Waals surface area contributed by atoms with E-state index < -0.39 is 0 Å². The molecule has 72 valence electrons. The third-order valence-electron chi connectivity index (χ3n) is 2.04. The molecule has 0 saturated carbocycles. The molecule has 2 rings (SSSR count). The number of thiol groups is 1. The van der Waals surface area contributed by atoms with Crippen LogP contribution in [0.4, 0.5) is 0 Å². The molecule has 1 N–H and O–H groups in total. The van der Waals surface area contributed by atoms with Crippen molar-refractivity contribution in [3.05, 3.63) is 36.0 Å². The molecule has 0 aliphatic rings. The average molecular weight is 205 g/mol. The maximum absolute atomic E-state index is 4.44. The van der Waals surface area contributed by atoms with Crippen LogP contribution in [0.5, 0.6) is 0 Å². The highest BCUT2D eigenvalue weighted by molar-refractivity contribution is 7.79. The highest BCUT2D eigenvalue weighted by Gasteiger charge is 2.06. The van der Waals surface area contributed by atoms with Crippen LogP contribution in [0.2, 0.25) is 0 Å². The van der Waals surface area contributed by atoms with E-state index in [4.69, 9.17) is 0 Å². The summed E-state index contributed by atoms with van der Waals surface area (Å²) in [4.78, 5) is 11.6. The fraction of sp³-hybridized carbons (Fsp3) is 0.200. The summed E-state index contributed by atoms with van der Waals surface area (Å²) in [5.74, 6) is 1.53. The molecule has 2 aromatic heterocycles. The summed E-state index contributed by atoms with van der Waals surface area (Å²) in [5.41, 5.74) is 3.14. The van der Waals surface area contributed by atoms with Gasteiger partial charge in [0.05, 0.1) is 5.69 Å². The highest BCUT2D eigenvalue weighted by Crippen LogP contribution is 2.20. The predicted molar refractivity (Wildman–Crippen MR) is 59.2 cm³/mol. The molecule has 0 fully saturated rings. The topological polar surface area (TPSA) is 41.6 Å². The Morgan fingerprint density at radius 3 is 2.64 bits per heavy atom. The molecule has 4 heteroatoms. The summed E-state index contributed by atoms with van der Waals surface area (Å²) in [6.07, 6.45) is 3.54. The first-order valence-electron chi connectivity index (χ1n) is 4.38. The molecular weight excluding hydrogens is 194 g/mol. The van der Waals surface area contributed by atoms with Crippen molar-refractivity contribution >= 4 is 12.6 Å². The number of nitrogens with one attached hydrogen (secondary N) is 1. The highest BCUT2D eigenvalue weighted by atomic mass is 32.1. The van der Waals surface area contributed by atoms with Crippen LogP contribution in [0.15, 0.2) is 24.5 Å². The first-order chi connectivity index (χ1) is 6.81. The Morgan fingerprint density at radius 2 is 2.07 bits per heavy atom. The van der Waals surface area contributed by atoms with Gasteiger partial charge in [-0.3, -0.25) is 4.98 Å². The molecule has 0 spiro atoms. The van der Waals surface area contributed by atoms with Gasteiger partial charge in [0, 0.05) is 29.4 Å². The van der Waals surface area contributed by atoms with E-state index in [0.29, 0.717) is 5.75 Å². The minimum Gasteiger partial charge on any atom is -0.345 e. The second kappa shape index (κ2) is 3.84. The van der Waals surface area contributed by atoms with Crippen molar-refractivity contribution in [3.8, 4) is 11.3 Å². The molecule has 3 nitrogen and oxygen atoms in total. The van der Waals surface area contributed by atoms with E-state index in [2.05, 4.69) is 27.6 Å². The van der Waals surface area contributed by atoms with Crippen molar-refractivity contribution in [1.82, 2.24) is 15.0 Å². The molecule has 14 heavy (non-hydrogen) atoms. The Morgan fingerprint density at radius 1 is 1.36 bits per heavy atom. The van der Waals surface area contributed by atoms with E-state index in [1.165, 1.54) is 0 Å². The van der Waals surface area contributed by atoms with E-state index in [1.807, 2.05) is 19.1 Å². The van der Waals surface area contributed by atoms with Gasteiger partial charge < -0.3 is 4.98 Å². The fourth-order valence-electron chi connectivity index (χ4n) is 1.39. The van der Waals surface area contributed by atoms with Gasteiger partial charge in [0.1, 0.15) is 5.82 Å². The van der Waals surface area contributed by atoms with Crippen molar-refractivity contribution in [3.63, 3.8) is 0 Å². The number of pyridine rings is 1. The van der Waals surface area contributed by atoms with Gasteiger partial charge in [0.2, 0.25) is 0 Å². The van der Waals surface area contributed by atoms with E-state index in [9.17, 15) is 0 Å². The number of nitrogens with zero attached hydrogens (tertiary/aromatic N) is 2. The number of imidazole rings is 1. The van der Waals surface area contributed by atoms with Gasteiger partial charge in [0.25, 0.3) is 0 Å². The summed E-state index contributed by atoms with van der Waals surface area (Å²) in [6.45, 7) is 2.01. The second-order valence-corrected chi connectivity index (χ2v) is 3.37. The van der Waals surface area contributed by atoms with Crippen molar-refractivity contribution in [2.75, 3.05) is 0 Å². The van der Waals surface area contributed by atoms with Gasteiger partial charge in [0.15, 0.2) is 0 Å². The minimum absolute atomic E-state index is 0.631. The lowest BCUT2D eigenvalue weighted by molar-refractivity contribution is 1.11. The molecule has 0 radical (unpaired) electrons. The summed E-state index contributed by atoms with van der Waals surface area (Å²) >= 11 is 4.18. The lowest BCUT2D eigenvalue weighted by Crippen LogP contribution is -1.81. The largest absolute Gasteiger partial charge is 0.345 e. The van der Waals surface area contributed by atoms with Gasteiger partial charge in [-0.25, -0.2) is 4.98 Å². The van der Waals surface area contributed by atoms with Crippen molar-refractivity contribution in [2.45, 2.75) is 12.7 Å². The first-order valence-corrected chi connectivity index (χ1v) is 5.01. The Labute approximate surface area is 88.0 Å². The zero-order valence-electron chi connectivity index (χ0n) is 7.86. The SMILES string of the molecule is Cc1[nH]c(CS)nc1-c1ccncc1. The molecule has 0 saturated heterocycles. The van der Waals surface area contributed by atoms with E-state index in [-0.39, 0.29) is 0 Å². The lowest BCUT2D eigenvalue weighted by Gasteiger charge is -1.95. The Bertz CT molecular complexity index is 422. The average Bonchev–Trinajstić information content (AvgIpc) is 2.61. The lowest BCUT2D eigenvalue weighted by atomic mass is 10.2. The van der Waals surface area contributed by atoms with Crippen LogP contribution in [0, 0.1) is 6.92 Å². The van der Waals surface area contributed by atoms with Gasteiger partial charge in [-0.2, -0.15) is 12.6 Å². The van der Waals surface area contributed by atoms with Gasteiger partial charge in [-0.15, -0.1) is 0 Å². The van der Waals surface area contributed by atoms with Gasteiger partial charge in [-0.1, -0.05) is 0 Å². The van der Waals surface area contributed by atoms with E-state index in [1.54, 1.807) is 12.4 Å². The molecule has 0 aliphatic carbocycles. The standard InChI is InChI=1S/C10H11N3S/c1-7-10(13-9(6-14)12-7)8-2-4-11-5-3-8/h2-5,14H,6H2,1H3,(H,12,13). The maximum atomic E-state index is 4.44. The molecule has 0 atom stereocenters. The minimum atomic E-state index is 0.631. The number of hydrogen-bond acceptors (Lipinski definition) is 3. The molecule has 2 heterocycles. The van der Waals surface area contributed by atoms with Crippen LogP contribution in [-0.4, -0.2) is 15.0 Å². The monoisotopic (exact) mass is 205 g/mol. The number of hydrogen-bond donors (Lipinski definition) is 2. The smallest absolute Gasteiger partial charge is 0.116 e. The zero-order chi connectivity index (χ0) is 9.97. The molecule has 0 bridgehead atoms. The third kappa shape index (κ3) is 1.65. The van der Waals surface area contributed by atoms with Crippen LogP contribution in [-0.2, 0) is 5.75 Å². The summed E-state index contributed by atoms with van der Waals surface area (Å²) in [6, 6.07) is 3.90. The Balaban J connectivity index is 2.46. The van der Waals surface area contributed by atoms with Crippen molar-refractivity contribution in [2.24, 2.45) is 0 Å². The molecule has 0 aromatic carbocycles. The van der Waals surface area contributed by atoms with E-state index >= 15 is 0 Å². The zero-order valence-corrected chi connectivity index (χ0v) is 8.75. The van der Waals surface area contributed by atoms with Crippen LogP contribution in [0.25, 0.3) is 11.3 Å². The van der Waals surface area contributed by atoms with Gasteiger partial charge in [-0.05, 0) is 19.1 Å². The van der Waals surface area contributed by atoms with Crippen LogP contribution in [0.3, 0.4) is 0 Å². The number of H-pyrrole nitrogens is 1. The molecular formula is C10H11N3S. The Kier molecular flexibility index (Phi) is 2.54.